The number of nitrogens with one attached hydrogen (secondary N) is 1. The van der Waals surface area contributed by atoms with Gasteiger partial charge in [0, 0.05) is 23.6 Å². The minimum atomic E-state index is -4.48. The van der Waals surface area contributed by atoms with Crippen LogP contribution in [0.5, 0.6) is 0 Å². The lowest BCUT2D eigenvalue weighted by atomic mass is 9.99. The second kappa shape index (κ2) is 6.73. The third-order valence-corrected chi connectivity index (χ3v) is 3.82. The summed E-state index contributed by atoms with van der Waals surface area (Å²) in [5.74, 6) is -1.80. The van der Waals surface area contributed by atoms with Gasteiger partial charge in [0.1, 0.15) is 12.4 Å². The van der Waals surface area contributed by atoms with Gasteiger partial charge in [0.15, 0.2) is 17.5 Å². The van der Waals surface area contributed by atoms with Gasteiger partial charge < -0.3 is 16.0 Å². The van der Waals surface area contributed by atoms with Crippen LogP contribution in [0.15, 0.2) is 24.5 Å². The van der Waals surface area contributed by atoms with Crippen LogP contribution >= 0.6 is 0 Å². The van der Waals surface area contributed by atoms with E-state index in [1.807, 2.05) is 5.32 Å². The van der Waals surface area contributed by atoms with E-state index in [0.717, 1.165) is 6.20 Å². The number of carbonyl (C=O) groups excluding carboxylic acids is 1. The largest absolute Gasteiger partial charge is 0.405 e. The molecule has 0 aliphatic carbocycles. The molecule has 3 N–H and O–H groups in total. The van der Waals surface area contributed by atoms with Crippen LogP contribution in [0.4, 0.5) is 29.2 Å². The van der Waals surface area contributed by atoms with Gasteiger partial charge in [-0.25, -0.2) is 19.3 Å². The smallest absolute Gasteiger partial charge is 0.383 e. The molecule has 0 saturated carbocycles. The number of pyridine rings is 1. The number of rotatable bonds is 4. The van der Waals surface area contributed by atoms with Gasteiger partial charge in [-0.3, -0.25) is 4.79 Å². The standard InChI is InChI=1S/C15H14F4N6O.3H2/c16-10-4-22-12(9-2-1-3-21-11(9)20)24-13(10)25-5-8(6-25)14(26)23-7-15(17,18)19;;;/h1-4,8H,5-7H2,(H2,20,21)(H,23,26);3*1H. The minimum absolute atomic E-state index is 0. The lowest BCUT2D eigenvalue weighted by molar-refractivity contribution is -0.141. The molecule has 1 fully saturated rings. The Balaban J connectivity index is 0.00000261. The van der Waals surface area contributed by atoms with Crippen molar-refractivity contribution in [1.29, 1.82) is 0 Å². The molecule has 2 aromatic rings. The average molecular weight is 376 g/mol. The Bertz CT molecular complexity index is 836. The number of carbonyl (C=O) groups is 1. The third-order valence-electron chi connectivity index (χ3n) is 3.82. The molecule has 0 spiro atoms. The summed E-state index contributed by atoms with van der Waals surface area (Å²) in [7, 11) is 0. The van der Waals surface area contributed by atoms with E-state index in [2.05, 4.69) is 15.0 Å². The first-order valence-corrected chi connectivity index (χ1v) is 7.57. The van der Waals surface area contributed by atoms with Crippen LogP contribution < -0.4 is 16.0 Å². The van der Waals surface area contributed by atoms with Gasteiger partial charge in [-0.15, -0.1) is 0 Å². The highest BCUT2D eigenvalue weighted by Crippen LogP contribution is 2.28. The molecular formula is C15H20F4N6O. The maximum Gasteiger partial charge on any atom is 0.405 e. The molecule has 0 radical (unpaired) electrons. The van der Waals surface area contributed by atoms with Crippen molar-refractivity contribution in [2.45, 2.75) is 6.18 Å². The molecule has 1 amide bonds. The summed E-state index contributed by atoms with van der Waals surface area (Å²) in [6, 6.07) is 3.26. The molecule has 0 unspecified atom stereocenters. The lowest BCUT2D eigenvalue weighted by Crippen LogP contribution is -2.55. The number of anilines is 2. The monoisotopic (exact) mass is 376 g/mol. The maximum absolute atomic E-state index is 14.0. The molecule has 2 aromatic heterocycles. The van der Waals surface area contributed by atoms with Gasteiger partial charge in [0.2, 0.25) is 5.91 Å². The molecule has 11 heteroatoms. The number of halogens is 4. The molecule has 0 bridgehead atoms. The van der Waals surface area contributed by atoms with Gasteiger partial charge in [-0.2, -0.15) is 13.2 Å². The van der Waals surface area contributed by atoms with Crippen molar-refractivity contribution in [1.82, 2.24) is 20.3 Å². The van der Waals surface area contributed by atoms with E-state index in [4.69, 9.17) is 5.73 Å². The Morgan fingerprint density at radius 3 is 2.77 bits per heavy atom. The number of aromatic nitrogens is 3. The molecule has 0 aromatic carbocycles. The fourth-order valence-electron chi connectivity index (χ4n) is 2.47. The summed E-state index contributed by atoms with van der Waals surface area (Å²) in [5.41, 5.74) is 6.17. The average Bonchev–Trinajstić information content (AvgIpc) is 2.53. The van der Waals surface area contributed by atoms with E-state index in [-0.39, 0.29) is 34.8 Å². The van der Waals surface area contributed by atoms with Crippen molar-refractivity contribution in [3.63, 3.8) is 0 Å². The molecule has 7 nitrogen and oxygen atoms in total. The van der Waals surface area contributed by atoms with Crippen molar-refractivity contribution in [3.05, 3.63) is 30.3 Å². The summed E-state index contributed by atoms with van der Waals surface area (Å²) in [5, 5.41) is 1.81. The number of nitrogens with zero attached hydrogens (tertiary/aromatic N) is 4. The van der Waals surface area contributed by atoms with Crippen LogP contribution in [-0.4, -0.2) is 46.7 Å². The molecule has 26 heavy (non-hydrogen) atoms. The SMILES string of the molecule is Nc1ncccc1-c1ncc(F)c(N2CC(C(=O)NCC(F)(F)F)C2)n1.[HH].[HH].[HH]. The highest BCUT2D eigenvalue weighted by Gasteiger charge is 2.37. The van der Waals surface area contributed by atoms with Crippen molar-refractivity contribution in [2.24, 2.45) is 5.92 Å². The Morgan fingerprint density at radius 2 is 2.12 bits per heavy atom. The molecule has 1 aliphatic heterocycles. The maximum atomic E-state index is 14.0. The lowest BCUT2D eigenvalue weighted by Gasteiger charge is -2.39. The normalized spacial score (nSPS) is 14.8. The zero-order chi connectivity index (χ0) is 18.9. The number of nitrogen functional groups attached to an aromatic ring is 1. The third kappa shape index (κ3) is 3.81. The molecule has 0 atom stereocenters. The number of alkyl halides is 3. The van der Waals surface area contributed by atoms with Crippen molar-refractivity contribution >= 4 is 17.5 Å². The van der Waals surface area contributed by atoms with Crippen molar-refractivity contribution in [3.8, 4) is 11.4 Å². The van der Waals surface area contributed by atoms with E-state index in [0.29, 0.717) is 5.56 Å². The number of hydrogen-bond donors (Lipinski definition) is 2. The van der Waals surface area contributed by atoms with E-state index in [1.165, 1.54) is 11.1 Å². The van der Waals surface area contributed by atoms with E-state index in [1.54, 1.807) is 12.1 Å². The quantitative estimate of drug-likeness (QED) is 0.794. The fraction of sp³-hybridized carbons (Fsp3) is 0.333. The molecular weight excluding hydrogens is 356 g/mol. The highest BCUT2D eigenvalue weighted by molar-refractivity contribution is 5.82. The second-order valence-corrected chi connectivity index (χ2v) is 5.74. The first-order valence-electron chi connectivity index (χ1n) is 7.57. The first-order chi connectivity index (χ1) is 12.2. The predicted molar refractivity (Wildman–Crippen MR) is 90.7 cm³/mol. The van der Waals surface area contributed by atoms with Gasteiger partial charge in [-0.05, 0) is 12.1 Å². The molecule has 3 heterocycles. The van der Waals surface area contributed by atoms with Crippen LogP contribution in [0, 0.1) is 11.7 Å². The van der Waals surface area contributed by atoms with E-state index >= 15 is 0 Å². The number of amides is 1. The van der Waals surface area contributed by atoms with Crippen LogP contribution in [-0.2, 0) is 4.79 Å². The fourth-order valence-corrected chi connectivity index (χ4v) is 2.47. The molecule has 3 rings (SSSR count). The van der Waals surface area contributed by atoms with Gasteiger partial charge in [0.25, 0.3) is 0 Å². The second-order valence-electron chi connectivity index (χ2n) is 5.74. The molecule has 1 saturated heterocycles. The van der Waals surface area contributed by atoms with Crippen molar-refractivity contribution < 1.29 is 26.6 Å². The Morgan fingerprint density at radius 1 is 1.38 bits per heavy atom. The Labute approximate surface area is 149 Å². The van der Waals surface area contributed by atoms with Crippen LogP contribution in [0.2, 0.25) is 0 Å². The molecule has 144 valence electrons. The van der Waals surface area contributed by atoms with Crippen molar-refractivity contribution in [2.75, 3.05) is 30.3 Å². The van der Waals surface area contributed by atoms with Crippen LogP contribution in [0.1, 0.15) is 4.28 Å². The topological polar surface area (TPSA) is 97.0 Å². The predicted octanol–water partition coefficient (Wildman–Crippen LogP) is 2.11. The zero-order valence-electron chi connectivity index (χ0n) is 13.3. The highest BCUT2D eigenvalue weighted by atomic mass is 19.4. The Hall–Kier alpha value is -2.98. The van der Waals surface area contributed by atoms with Gasteiger partial charge >= 0.3 is 6.18 Å². The Kier molecular flexibility index (Phi) is 4.62. The summed E-state index contributed by atoms with van der Waals surface area (Å²) >= 11 is 0. The number of nitrogens with two attached hydrogens (primary N) is 1. The van der Waals surface area contributed by atoms with Crippen LogP contribution in [0.25, 0.3) is 11.4 Å². The first kappa shape index (κ1) is 17.8. The summed E-state index contributed by atoms with van der Waals surface area (Å²) in [4.78, 5) is 25.0. The summed E-state index contributed by atoms with van der Waals surface area (Å²) < 4.78 is 50.4. The van der Waals surface area contributed by atoms with E-state index in [9.17, 15) is 22.4 Å². The summed E-state index contributed by atoms with van der Waals surface area (Å²) in [6.45, 7) is -1.28. The van der Waals surface area contributed by atoms with E-state index < -0.39 is 30.4 Å². The van der Waals surface area contributed by atoms with Crippen LogP contribution in [0.3, 0.4) is 0 Å². The zero-order valence-corrected chi connectivity index (χ0v) is 13.3. The summed E-state index contributed by atoms with van der Waals surface area (Å²) in [6.07, 6.45) is -2.01. The minimum Gasteiger partial charge on any atom is -0.383 e. The number of hydrogen-bond acceptors (Lipinski definition) is 6. The molecule has 1 aliphatic rings. The van der Waals surface area contributed by atoms with Gasteiger partial charge in [0.05, 0.1) is 17.7 Å². The van der Waals surface area contributed by atoms with Gasteiger partial charge in [-0.1, -0.05) is 0 Å².